The molecular weight excluding hydrogens is 423 g/mol. The molecule has 31 heavy (non-hydrogen) atoms. The van der Waals surface area contributed by atoms with Crippen molar-refractivity contribution >= 4 is 22.7 Å². The Morgan fingerprint density at radius 1 is 1.16 bits per heavy atom. The van der Waals surface area contributed by atoms with E-state index in [4.69, 9.17) is 0 Å². The number of carbonyl (C=O) groups is 1. The standard InChI is InChI=1S/C20H21F5N4O2/c1-10-16-17(30)28(15-5-3-4-14(26-10)29(15)16)11(2)12-6-8-13(9-7-12)27-18(31)19(21,22)20(23,24)25/h3-5,11-13H,6-9H2,1-2H3,(H,27,31)/t11?,12-,13-. The Kier molecular flexibility index (Phi) is 4.97. The van der Waals surface area contributed by atoms with Crippen LogP contribution in [0.25, 0.3) is 16.8 Å². The maximum Gasteiger partial charge on any atom is 0.463 e. The number of nitrogens with zero attached hydrogens (tertiary/aromatic N) is 3. The van der Waals surface area contributed by atoms with Crippen LogP contribution in [0.2, 0.25) is 0 Å². The molecule has 11 heteroatoms. The first-order valence-electron chi connectivity index (χ1n) is 10.0. The number of amides is 1. The fraction of sp³-hybridized carbons (Fsp3) is 0.550. The average molecular weight is 444 g/mol. The number of carbonyl (C=O) groups excluding carboxylic acids is 1. The van der Waals surface area contributed by atoms with E-state index in [1.54, 1.807) is 15.9 Å². The number of halogens is 5. The lowest BCUT2D eigenvalue weighted by Gasteiger charge is -2.33. The third kappa shape index (κ3) is 3.34. The summed E-state index contributed by atoms with van der Waals surface area (Å²) in [4.78, 5) is 28.9. The summed E-state index contributed by atoms with van der Waals surface area (Å²) in [6.07, 6.45) is -4.45. The first-order valence-corrected chi connectivity index (χ1v) is 10.0. The fourth-order valence-electron chi connectivity index (χ4n) is 4.60. The molecule has 3 aromatic rings. The summed E-state index contributed by atoms with van der Waals surface area (Å²) >= 11 is 0. The van der Waals surface area contributed by atoms with Gasteiger partial charge in [0.25, 0.3) is 5.56 Å². The molecule has 0 aromatic carbocycles. The van der Waals surface area contributed by atoms with Crippen molar-refractivity contribution < 1.29 is 26.7 Å². The molecule has 168 valence electrons. The molecule has 1 fully saturated rings. The average Bonchev–Trinajstić information content (AvgIpc) is 3.19. The third-order valence-corrected chi connectivity index (χ3v) is 6.30. The van der Waals surface area contributed by atoms with Crippen molar-refractivity contribution in [1.29, 1.82) is 0 Å². The van der Waals surface area contributed by atoms with E-state index in [0.29, 0.717) is 35.3 Å². The van der Waals surface area contributed by atoms with Gasteiger partial charge in [0.05, 0.1) is 5.69 Å². The number of alkyl halides is 5. The van der Waals surface area contributed by atoms with Crippen LogP contribution in [0, 0.1) is 12.8 Å². The van der Waals surface area contributed by atoms with Crippen molar-refractivity contribution in [3.05, 3.63) is 34.2 Å². The van der Waals surface area contributed by atoms with Gasteiger partial charge in [0.2, 0.25) is 0 Å². The predicted octanol–water partition coefficient (Wildman–Crippen LogP) is 3.83. The van der Waals surface area contributed by atoms with Crippen molar-refractivity contribution in [2.24, 2.45) is 5.92 Å². The summed E-state index contributed by atoms with van der Waals surface area (Å²) in [5, 5.41) is 1.84. The van der Waals surface area contributed by atoms with Crippen LogP contribution < -0.4 is 10.9 Å². The molecule has 6 nitrogen and oxygen atoms in total. The molecule has 1 unspecified atom stereocenters. The van der Waals surface area contributed by atoms with Gasteiger partial charge < -0.3 is 5.32 Å². The Balaban J connectivity index is 1.49. The summed E-state index contributed by atoms with van der Waals surface area (Å²) in [6.45, 7) is 3.66. The van der Waals surface area contributed by atoms with E-state index in [1.165, 1.54) is 0 Å². The quantitative estimate of drug-likeness (QED) is 0.622. The fourth-order valence-corrected chi connectivity index (χ4v) is 4.60. The minimum absolute atomic E-state index is 0.00774. The number of aryl methyl sites for hydroxylation is 1. The van der Waals surface area contributed by atoms with Crippen LogP contribution in [0.5, 0.6) is 0 Å². The van der Waals surface area contributed by atoms with Crippen LogP contribution in [0.3, 0.4) is 0 Å². The van der Waals surface area contributed by atoms with Crippen LogP contribution in [-0.2, 0) is 4.79 Å². The molecule has 0 bridgehead atoms. The van der Waals surface area contributed by atoms with E-state index in [2.05, 4.69) is 4.98 Å². The van der Waals surface area contributed by atoms with Gasteiger partial charge in [-0.2, -0.15) is 22.0 Å². The van der Waals surface area contributed by atoms with E-state index in [-0.39, 0.29) is 30.4 Å². The van der Waals surface area contributed by atoms with Crippen LogP contribution in [0.1, 0.15) is 44.3 Å². The number of rotatable bonds is 4. The third-order valence-electron chi connectivity index (χ3n) is 6.30. The lowest BCUT2D eigenvalue weighted by Crippen LogP contribution is -2.53. The SMILES string of the molecule is Cc1nc2cccc3n(C(C)[C@H]4CC[C@H](NC(=O)C(F)(F)C(F)(F)F)CC4)c(=O)c1n23. The Morgan fingerprint density at radius 2 is 1.81 bits per heavy atom. The minimum atomic E-state index is -5.93. The molecule has 0 saturated heterocycles. The number of nitrogens with one attached hydrogen (secondary N) is 1. The summed E-state index contributed by atoms with van der Waals surface area (Å²) in [7, 11) is 0. The van der Waals surface area contributed by atoms with Gasteiger partial charge in [-0.25, -0.2) is 4.98 Å². The van der Waals surface area contributed by atoms with Crippen molar-refractivity contribution in [1.82, 2.24) is 19.3 Å². The molecule has 1 N–H and O–H groups in total. The Labute approximate surface area is 173 Å². The maximum atomic E-state index is 13.2. The highest BCUT2D eigenvalue weighted by atomic mass is 19.4. The van der Waals surface area contributed by atoms with Crippen molar-refractivity contribution in [2.45, 2.75) is 63.7 Å². The lowest BCUT2D eigenvalue weighted by molar-refractivity contribution is -0.270. The topological polar surface area (TPSA) is 68.4 Å². The van der Waals surface area contributed by atoms with Crippen LogP contribution >= 0.6 is 0 Å². The highest BCUT2D eigenvalue weighted by molar-refractivity contribution is 5.84. The second kappa shape index (κ2) is 7.16. The monoisotopic (exact) mass is 444 g/mol. The smallest absolute Gasteiger partial charge is 0.348 e. The van der Waals surface area contributed by atoms with Crippen LogP contribution in [0.4, 0.5) is 22.0 Å². The van der Waals surface area contributed by atoms with Gasteiger partial charge >= 0.3 is 18.0 Å². The largest absolute Gasteiger partial charge is 0.463 e. The first kappa shape index (κ1) is 21.5. The summed E-state index contributed by atoms with van der Waals surface area (Å²) in [5.41, 5.74) is 2.34. The van der Waals surface area contributed by atoms with Crippen molar-refractivity contribution in [3.8, 4) is 0 Å². The van der Waals surface area contributed by atoms with Gasteiger partial charge in [0.15, 0.2) is 0 Å². The molecule has 1 saturated carbocycles. The molecule has 0 spiro atoms. The van der Waals surface area contributed by atoms with Gasteiger partial charge in [-0.05, 0) is 57.6 Å². The van der Waals surface area contributed by atoms with E-state index < -0.39 is 24.0 Å². The van der Waals surface area contributed by atoms with Crippen LogP contribution in [0.15, 0.2) is 23.0 Å². The predicted molar refractivity (Wildman–Crippen MR) is 102 cm³/mol. The van der Waals surface area contributed by atoms with Crippen LogP contribution in [-0.4, -0.2) is 38.0 Å². The molecule has 1 aliphatic rings. The zero-order valence-corrected chi connectivity index (χ0v) is 16.8. The molecule has 3 heterocycles. The maximum absolute atomic E-state index is 13.2. The van der Waals surface area contributed by atoms with Gasteiger partial charge in [-0.1, -0.05) is 6.07 Å². The summed E-state index contributed by atoms with van der Waals surface area (Å²) in [5.74, 6) is -7.73. The summed E-state index contributed by atoms with van der Waals surface area (Å²) < 4.78 is 67.0. The van der Waals surface area contributed by atoms with E-state index >= 15 is 0 Å². The second-order valence-corrected chi connectivity index (χ2v) is 8.20. The van der Waals surface area contributed by atoms with E-state index in [9.17, 15) is 31.5 Å². The molecule has 1 aliphatic carbocycles. The Bertz CT molecular complexity index is 1170. The second-order valence-electron chi connectivity index (χ2n) is 8.20. The molecular formula is C20H21F5N4O2. The van der Waals surface area contributed by atoms with Crippen molar-refractivity contribution in [2.75, 3.05) is 0 Å². The molecule has 0 radical (unpaired) electrons. The van der Waals surface area contributed by atoms with Gasteiger partial charge in [0.1, 0.15) is 16.8 Å². The number of pyridine rings is 1. The highest BCUT2D eigenvalue weighted by Crippen LogP contribution is 2.37. The normalized spacial score (nSPS) is 21.6. The molecule has 4 rings (SSSR count). The number of aromatic nitrogens is 3. The van der Waals surface area contributed by atoms with Gasteiger partial charge in [-0.15, -0.1) is 0 Å². The minimum Gasteiger partial charge on any atom is -0.348 e. The van der Waals surface area contributed by atoms with E-state index in [0.717, 1.165) is 0 Å². The van der Waals surface area contributed by atoms with E-state index in [1.807, 2.05) is 30.4 Å². The molecule has 1 atom stereocenters. The summed E-state index contributed by atoms with van der Waals surface area (Å²) in [6, 6.07) is 4.47. The van der Waals surface area contributed by atoms with Crippen molar-refractivity contribution in [3.63, 3.8) is 0 Å². The highest BCUT2D eigenvalue weighted by Gasteiger charge is 2.63. The molecule has 1 amide bonds. The lowest BCUT2D eigenvalue weighted by atomic mass is 9.82. The Morgan fingerprint density at radius 3 is 2.42 bits per heavy atom. The number of hydrogen-bond donors (Lipinski definition) is 1. The van der Waals surface area contributed by atoms with Gasteiger partial charge in [-0.3, -0.25) is 18.6 Å². The zero-order chi connectivity index (χ0) is 22.7. The first-order chi connectivity index (χ1) is 14.4. The Hall–Kier alpha value is -2.72. The number of imidazole rings is 2. The molecule has 0 aliphatic heterocycles. The number of hydrogen-bond acceptors (Lipinski definition) is 3. The molecule has 3 aromatic heterocycles. The van der Waals surface area contributed by atoms with Gasteiger partial charge in [0, 0.05) is 12.1 Å². The zero-order valence-electron chi connectivity index (χ0n) is 16.8.